The van der Waals surface area contributed by atoms with Gasteiger partial charge in [0, 0.05) is 0 Å². The van der Waals surface area contributed by atoms with Crippen LogP contribution in [-0.2, 0) is 11.3 Å². The molecule has 0 saturated heterocycles. The average molecular weight is 416 g/mol. The predicted molar refractivity (Wildman–Crippen MR) is 123 cm³/mol. The first-order chi connectivity index (χ1) is 14.6. The summed E-state index contributed by atoms with van der Waals surface area (Å²) in [5.74, 6) is -0.00341. The van der Waals surface area contributed by atoms with E-state index in [0.29, 0.717) is 6.54 Å². The number of fused-ring (bicyclic) bond motifs is 1. The minimum atomic E-state index is -0.285. The van der Waals surface area contributed by atoms with Crippen LogP contribution >= 0.6 is 11.3 Å². The van der Waals surface area contributed by atoms with Gasteiger partial charge in [-0.05, 0) is 37.2 Å². The molecule has 1 aromatic heterocycles. The zero-order chi connectivity index (χ0) is 20.9. The lowest BCUT2D eigenvalue weighted by Gasteiger charge is -2.26. The predicted octanol–water partition coefficient (Wildman–Crippen LogP) is 5.02. The molecule has 30 heavy (non-hydrogen) atoms. The highest BCUT2D eigenvalue weighted by Crippen LogP contribution is 2.24. The Morgan fingerprint density at radius 3 is 2.10 bits per heavy atom. The summed E-state index contributed by atoms with van der Waals surface area (Å²) in [6, 6.07) is 27.8. The van der Waals surface area contributed by atoms with Crippen molar-refractivity contribution in [3.8, 4) is 0 Å². The van der Waals surface area contributed by atoms with Crippen molar-refractivity contribution in [2.24, 2.45) is 0 Å². The highest BCUT2D eigenvalue weighted by molar-refractivity contribution is 7.18. The van der Waals surface area contributed by atoms with Gasteiger partial charge in [-0.1, -0.05) is 72.8 Å². The lowest BCUT2D eigenvalue weighted by molar-refractivity contribution is -0.126. The van der Waals surface area contributed by atoms with Gasteiger partial charge in [0.25, 0.3) is 0 Å². The number of nitrogens with zero attached hydrogens (tertiary/aromatic N) is 2. The summed E-state index contributed by atoms with van der Waals surface area (Å²) in [7, 11) is 1.97. The molecule has 0 spiro atoms. The summed E-state index contributed by atoms with van der Waals surface area (Å²) >= 11 is 1.68. The van der Waals surface area contributed by atoms with Crippen LogP contribution in [0, 0.1) is 0 Å². The Hall–Kier alpha value is -3.02. The number of carbonyl (C=O) groups excluding carboxylic acids is 1. The van der Waals surface area contributed by atoms with Gasteiger partial charge in [-0.15, -0.1) is 11.3 Å². The van der Waals surface area contributed by atoms with Gasteiger partial charge >= 0.3 is 0 Å². The van der Waals surface area contributed by atoms with E-state index in [-0.39, 0.29) is 18.0 Å². The lowest BCUT2D eigenvalue weighted by atomic mass is 9.98. The third kappa shape index (κ3) is 4.58. The zero-order valence-electron chi connectivity index (χ0n) is 17.2. The van der Waals surface area contributed by atoms with Gasteiger partial charge in [-0.25, -0.2) is 4.98 Å². The maximum atomic E-state index is 13.1. The van der Waals surface area contributed by atoms with E-state index in [1.807, 2.05) is 97.7 Å². The standard InChI is InChI=1S/C25H25N3OS/c1-18(28(2)17-23-26-21-15-9-10-16-22(21)30-23)25(29)27-24(19-11-5-3-6-12-19)20-13-7-4-8-14-20/h3-16,18,24H,17H2,1-2H3,(H,27,29)/t18-/m0/s1. The normalized spacial score (nSPS) is 12.4. The first-order valence-electron chi connectivity index (χ1n) is 10.1. The first-order valence-corrected chi connectivity index (χ1v) is 10.9. The van der Waals surface area contributed by atoms with E-state index in [1.54, 1.807) is 11.3 Å². The molecule has 4 nitrogen and oxygen atoms in total. The zero-order valence-corrected chi connectivity index (χ0v) is 18.0. The van der Waals surface area contributed by atoms with Crippen molar-refractivity contribution in [2.45, 2.75) is 25.6 Å². The Morgan fingerprint density at radius 2 is 1.50 bits per heavy atom. The van der Waals surface area contributed by atoms with Gasteiger partial charge in [0.15, 0.2) is 0 Å². The topological polar surface area (TPSA) is 45.2 Å². The molecule has 1 N–H and O–H groups in total. The van der Waals surface area contributed by atoms with Crippen molar-refractivity contribution in [3.05, 3.63) is 101 Å². The number of para-hydroxylation sites is 1. The molecule has 0 bridgehead atoms. The van der Waals surface area contributed by atoms with Crippen LogP contribution in [0.5, 0.6) is 0 Å². The summed E-state index contributed by atoms with van der Waals surface area (Å²) in [5, 5.41) is 4.26. The molecule has 0 radical (unpaired) electrons. The quantitative estimate of drug-likeness (QED) is 0.461. The monoisotopic (exact) mass is 415 g/mol. The largest absolute Gasteiger partial charge is 0.344 e. The number of rotatable bonds is 7. The molecule has 1 atom stereocenters. The highest BCUT2D eigenvalue weighted by Gasteiger charge is 2.23. The van der Waals surface area contributed by atoms with Crippen molar-refractivity contribution in [1.82, 2.24) is 15.2 Å². The average Bonchev–Trinajstić information content (AvgIpc) is 3.20. The Bertz CT molecular complexity index is 1040. The smallest absolute Gasteiger partial charge is 0.237 e. The van der Waals surface area contributed by atoms with Gasteiger partial charge in [-0.3, -0.25) is 9.69 Å². The van der Waals surface area contributed by atoms with E-state index >= 15 is 0 Å². The lowest BCUT2D eigenvalue weighted by Crippen LogP contribution is -2.44. The maximum absolute atomic E-state index is 13.1. The molecule has 0 saturated carbocycles. The minimum Gasteiger partial charge on any atom is -0.344 e. The Kier molecular flexibility index (Phi) is 6.21. The van der Waals surface area contributed by atoms with Crippen molar-refractivity contribution >= 4 is 27.5 Å². The fraction of sp³-hybridized carbons (Fsp3) is 0.200. The van der Waals surface area contributed by atoms with Gasteiger partial charge in [0.2, 0.25) is 5.91 Å². The summed E-state index contributed by atoms with van der Waals surface area (Å²) in [4.78, 5) is 19.9. The van der Waals surface area contributed by atoms with Crippen LogP contribution in [-0.4, -0.2) is 28.9 Å². The number of hydrogen-bond donors (Lipinski definition) is 1. The van der Waals surface area contributed by atoms with E-state index < -0.39 is 0 Å². The van der Waals surface area contributed by atoms with E-state index in [0.717, 1.165) is 21.7 Å². The molecular weight excluding hydrogens is 390 g/mol. The molecule has 1 amide bonds. The van der Waals surface area contributed by atoms with Crippen LogP contribution in [0.15, 0.2) is 84.9 Å². The third-order valence-corrected chi connectivity index (χ3v) is 6.34. The highest BCUT2D eigenvalue weighted by atomic mass is 32.1. The van der Waals surface area contributed by atoms with E-state index in [1.165, 1.54) is 4.70 Å². The summed E-state index contributed by atoms with van der Waals surface area (Å²) in [6.07, 6.45) is 0. The number of carbonyl (C=O) groups is 1. The van der Waals surface area contributed by atoms with Crippen LogP contribution < -0.4 is 5.32 Å². The second-order valence-corrected chi connectivity index (χ2v) is 8.54. The summed E-state index contributed by atoms with van der Waals surface area (Å²) < 4.78 is 1.17. The number of hydrogen-bond acceptors (Lipinski definition) is 4. The van der Waals surface area contributed by atoms with Crippen LogP contribution in [0.4, 0.5) is 0 Å². The fourth-order valence-corrected chi connectivity index (χ4v) is 4.48. The van der Waals surface area contributed by atoms with Gasteiger partial charge in [0.05, 0.1) is 28.8 Å². The number of thiazole rings is 1. The molecule has 0 aliphatic carbocycles. The molecule has 5 heteroatoms. The molecule has 0 aliphatic heterocycles. The second kappa shape index (κ2) is 9.20. The fourth-order valence-electron chi connectivity index (χ4n) is 3.45. The van der Waals surface area contributed by atoms with Gasteiger partial charge < -0.3 is 5.32 Å². The molecule has 1 heterocycles. The molecule has 152 valence electrons. The minimum absolute atomic E-state index is 0.00341. The van der Waals surface area contributed by atoms with E-state index in [9.17, 15) is 4.79 Å². The van der Waals surface area contributed by atoms with Gasteiger partial charge in [0.1, 0.15) is 5.01 Å². The van der Waals surface area contributed by atoms with Crippen LogP contribution in [0.1, 0.15) is 29.1 Å². The van der Waals surface area contributed by atoms with Crippen LogP contribution in [0.3, 0.4) is 0 Å². The van der Waals surface area contributed by atoms with Crippen molar-refractivity contribution < 1.29 is 4.79 Å². The molecular formula is C25H25N3OS. The van der Waals surface area contributed by atoms with Crippen molar-refractivity contribution in [2.75, 3.05) is 7.05 Å². The number of likely N-dealkylation sites (N-methyl/N-ethyl adjacent to an activating group) is 1. The number of aromatic nitrogens is 1. The summed E-state index contributed by atoms with van der Waals surface area (Å²) in [5.41, 5.74) is 3.15. The molecule has 0 aliphatic rings. The van der Waals surface area contributed by atoms with E-state index in [2.05, 4.69) is 11.4 Å². The molecule has 4 rings (SSSR count). The number of nitrogens with one attached hydrogen (secondary N) is 1. The van der Waals surface area contributed by atoms with Crippen LogP contribution in [0.25, 0.3) is 10.2 Å². The SMILES string of the molecule is C[C@@H](C(=O)NC(c1ccccc1)c1ccccc1)N(C)Cc1nc2ccccc2s1. The molecule has 0 unspecified atom stereocenters. The molecule has 4 aromatic rings. The molecule has 3 aromatic carbocycles. The Balaban J connectivity index is 1.48. The Labute approximate surface area is 181 Å². The maximum Gasteiger partial charge on any atom is 0.237 e. The van der Waals surface area contributed by atoms with Crippen molar-refractivity contribution in [1.29, 1.82) is 0 Å². The third-order valence-electron chi connectivity index (χ3n) is 5.32. The van der Waals surface area contributed by atoms with Crippen molar-refractivity contribution in [3.63, 3.8) is 0 Å². The number of benzene rings is 3. The molecule has 0 fully saturated rings. The second-order valence-electron chi connectivity index (χ2n) is 7.43. The van der Waals surface area contributed by atoms with Gasteiger partial charge in [-0.2, -0.15) is 0 Å². The summed E-state index contributed by atoms with van der Waals surface area (Å²) in [6.45, 7) is 2.57. The Morgan fingerprint density at radius 1 is 0.933 bits per heavy atom. The number of amides is 1. The van der Waals surface area contributed by atoms with Crippen LogP contribution in [0.2, 0.25) is 0 Å². The van der Waals surface area contributed by atoms with E-state index in [4.69, 9.17) is 4.98 Å². The first kappa shape index (κ1) is 20.3.